The number of phenols is 2. The monoisotopic (exact) mass is 1090 g/mol. The molecule has 0 aliphatic rings. The predicted octanol–water partition coefficient (Wildman–Crippen LogP) is -2.97. The van der Waals surface area contributed by atoms with Gasteiger partial charge in [-0.2, -0.15) is 12.6 Å². The van der Waals surface area contributed by atoms with Crippen LogP contribution in [0.1, 0.15) is 36.0 Å². The molecule has 0 bridgehead atoms. The number of carboxylic acid groups (broad SMARTS) is 1. The van der Waals surface area contributed by atoms with Gasteiger partial charge in [-0.3, -0.25) is 53.6 Å². The Hall–Kier alpha value is -7.59. The SMILES string of the molecule is CN(CC(=O)NCCS)C(=O)CN(CCC(=O)O)C(=O)CN(Cc1cccnc1)C(=O)CN(CCCNC(N)N)C(=O)CN(CCCN=C(N)N)C(=O)CN(CCc1ccc(O)cc1)C(=O)CNCCc1ccc(O)cc1. The average molecular weight is 1090 g/mol. The van der Waals surface area contributed by atoms with Crippen LogP contribution in [-0.4, -0.2) is 220 Å². The topological polar surface area (TPSA) is 382 Å². The lowest BCUT2D eigenvalue weighted by Crippen LogP contribution is -2.52. The molecule has 0 aliphatic heterocycles. The van der Waals surface area contributed by atoms with Gasteiger partial charge in [0.25, 0.3) is 0 Å². The molecule has 3 rings (SSSR count). The van der Waals surface area contributed by atoms with E-state index in [1.54, 1.807) is 48.5 Å². The van der Waals surface area contributed by atoms with E-state index in [2.05, 4.69) is 38.6 Å². The molecule has 26 nitrogen and oxygen atoms in total. The highest BCUT2D eigenvalue weighted by molar-refractivity contribution is 7.80. The number of carbonyl (C=O) groups excluding carboxylic acids is 7. The molecule has 1 aromatic heterocycles. The zero-order valence-corrected chi connectivity index (χ0v) is 44.4. The van der Waals surface area contributed by atoms with Gasteiger partial charge in [0.1, 0.15) is 24.3 Å². The summed E-state index contributed by atoms with van der Waals surface area (Å²) in [5, 5.41) is 37.6. The Morgan fingerprint density at radius 1 is 0.636 bits per heavy atom. The zero-order valence-electron chi connectivity index (χ0n) is 43.5. The molecule has 0 spiro atoms. The number of aromatic hydroxyl groups is 2. The van der Waals surface area contributed by atoms with Crippen molar-refractivity contribution in [3.05, 3.63) is 89.7 Å². The third kappa shape index (κ3) is 26.2. The Kier molecular flexibility index (Phi) is 28.9. The number of carbonyl (C=O) groups is 8. The number of phenolic OH excluding ortho intramolecular Hbond substituents is 2. The minimum atomic E-state index is -1.26. The number of guanidine groups is 1. The molecule has 1 heterocycles. The van der Waals surface area contributed by atoms with Crippen molar-refractivity contribution in [3.8, 4) is 11.5 Å². The summed E-state index contributed by atoms with van der Waals surface area (Å²) >= 11 is 4.06. The Labute approximate surface area is 453 Å². The van der Waals surface area contributed by atoms with Gasteiger partial charge in [-0.05, 0) is 85.8 Å². The fourth-order valence-corrected chi connectivity index (χ4v) is 7.48. The number of hydrogen-bond acceptors (Lipinski definition) is 17. The average Bonchev–Trinajstić information content (AvgIpc) is 3.39. The zero-order chi connectivity index (χ0) is 56.7. The first kappa shape index (κ1) is 63.7. The Balaban J connectivity index is 1.94. The summed E-state index contributed by atoms with van der Waals surface area (Å²) in [6, 6.07) is 16.3. The molecule has 0 saturated carbocycles. The summed E-state index contributed by atoms with van der Waals surface area (Å²) in [5.41, 5.74) is 24.7. The number of aliphatic imine (C=N–C) groups is 1. The maximum atomic E-state index is 14.6. The number of aliphatic carboxylic acids is 1. The lowest BCUT2D eigenvalue weighted by atomic mass is 10.1. The van der Waals surface area contributed by atoms with Gasteiger partial charge in [0, 0.05) is 71.0 Å². The number of likely N-dealkylation sites (N-methyl/N-ethyl adjacent to an activating group) is 1. The molecule has 422 valence electrons. The van der Waals surface area contributed by atoms with Gasteiger partial charge < -0.3 is 78.3 Å². The van der Waals surface area contributed by atoms with Gasteiger partial charge in [-0.1, -0.05) is 30.3 Å². The van der Waals surface area contributed by atoms with Gasteiger partial charge >= 0.3 is 5.97 Å². The maximum absolute atomic E-state index is 14.6. The molecule has 2 aromatic carbocycles. The van der Waals surface area contributed by atoms with Crippen molar-refractivity contribution < 1.29 is 53.7 Å². The molecule has 0 saturated heterocycles. The van der Waals surface area contributed by atoms with E-state index in [1.165, 1.54) is 46.3 Å². The van der Waals surface area contributed by atoms with E-state index in [0.717, 1.165) is 25.8 Å². The van der Waals surface area contributed by atoms with E-state index in [1.807, 2.05) is 0 Å². The van der Waals surface area contributed by atoms with Crippen LogP contribution in [0.5, 0.6) is 11.5 Å². The highest BCUT2D eigenvalue weighted by Gasteiger charge is 2.30. The number of carboxylic acids is 1. The number of benzene rings is 2. The normalized spacial score (nSPS) is 10.8. The van der Waals surface area contributed by atoms with E-state index in [9.17, 15) is 53.7 Å². The van der Waals surface area contributed by atoms with Crippen LogP contribution in [0.4, 0.5) is 0 Å². The molecular formula is C50H75N15O11S. The van der Waals surface area contributed by atoms with Gasteiger partial charge in [0.2, 0.25) is 41.4 Å². The first-order valence-electron chi connectivity index (χ1n) is 24.9. The van der Waals surface area contributed by atoms with Crippen molar-refractivity contribution in [2.45, 2.75) is 44.9 Å². The first-order valence-corrected chi connectivity index (χ1v) is 25.5. The van der Waals surface area contributed by atoms with Crippen molar-refractivity contribution in [1.82, 2.24) is 50.3 Å². The number of nitrogens with zero attached hydrogens (tertiary/aromatic N) is 8. The Bertz CT molecular complexity index is 2380. The van der Waals surface area contributed by atoms with E-state index in [-0.39, 0.29) is 89.2 Å². The summed E-state index contributed by atoms with van der Waals surface area (Å²) in [5.74, 6) is -5.34. The molecule has 7 amide bonds. The molecule has 0 atom stereocenters. The summed E-state index contributed by atoms with van der Waals surface area (Å²) < 4.78 is 0. The fraction of sp³-hybridized carbons (Fsp3) is 0.480. The number of thiol groups is 1. The van der Waals surface area contributed by atoms with Crippen LogP contribution in [0.3, 0.4) is 0 Å². The van der Waals surface area contributed by atoms with E-state index < -0.39 is 99.3 Å². The van der Waals surface area contributed by atoms with Crippen molar-refractivity contribution >= 4 is 65.9 Å². The quantitative estimate of drug-likeness (QED) is 0.00911. The standard InChI is InChI=1S/C50H75N15O11S/c1-60(30-41(68)57-21-26-77)43(70)31-64(25-16-48(75)76)46(73)35-65(29-38-5-2-17-55-27-38)47(74)34-62(23-4-19-59-50(53)54)44(71)32-61(22-3-18-58-49(51)52)45(72)33-63(24-15-37-8-12-40(67)13-9-37)42(69)28-56-20-14-36-6-10-39(66)11-7-36/h2,5-13,17,27,50,56,59,66-67,77H,3-4,14-16,18-26,28-35,53-54H2,1H3,(H,57,68)(H,75,76)(H4,51,52,58). The van der Waals surface area contributed by atoms with Crippen LogP contribution in [0, 0.1) is 0 Å². The summed E-state index contributed by atoms with van der Waals surface area (Å²) in [4.78, 5) is 124. The van der Waals surface area contributed by atoms with Crippen molar-refractivity contribution in [2.75, 3.05) is 111 Å². The Morgan fingerprint density at radius 2 is 1.17 bits per heavy atom. The summed E-state index contributed by atoms with van der Waals surface area (Å²) in [6.45, 7) is -3.17. The molecule has 0 aliphatic carbocycles. The van der Waals surface area contributed by atoms with E-state index in [0.29, 0.717) is 30.7 Å². The van der Waals surface area contributed by atoms with Crippen molar-refractivity contribution in [2.24, 2.45) is 27.9 Å². The molecular weight excluding hydrogens is 1020 g/mol. The molecule has 27 heteroatoms. The summed E-state index contributed by atoms with van der Waals surface area (Å²) in [7, 11) is 1.35. The van der Waals surface area contributed by atoms with Crippen LogP contribution in [0.15, 0.2) is 78.0 Å². The minimum absolute atomic E-state index is 0.0528. The summed E-state index contributed by atoms with van der Waals surface area (Å²) in [6.07, 6.45) is 2.78. The van der Waals surface area contributed by atoms with Crippen LogP contribution in [0.25, 0.3) is 0 Å². The van der Waals surface area contributed by atoms with Crippen LogP contribution >= 0.6 is 12.6 Å². The smallest absolute Gasteiger partial charge is 0.305 e. The number of nitrogens with two attached hydrogens (primary N) is 4. The fourth-order valence-electron chi connectivity index (χ4n) is 7.37. The largest absolute Gasteiger partial charge is 0.508 e. The molecule has 0 radical (unpaired) electrons. The molecule has 3 aromatic rings. The second-order valence-corrected chi connectivity index (χ2v) is 18.3. The van der Waals surface area contributed by atoms with E-state index in [4.69, 9.17) is 22.9 Å². The number of amides is 7. The van der Waals surface area contributed by atoms with Crippen LogP contribution in [0.2, 0.25) is 0 Å². The lowest BCUT2D eigenvalue weighted by molar-refractivity contribution is -0.148. The maximum Gasteiger partial charge on any atom is 0.305 e. The highest BCUT2D eigenvalue weighted by Crippen LogP contribution is 2.13. The minimum Gasteiger partial charge on any atom is -0.508 e. The van der Waals surface area contributed by atoms with Crippen LogP contribution < -0.4 is 38.9 Å². The number of rotatable bonds is 36. The first-order chi connectivity index (χ1) is 36.7. The van der Waals surface area contributed by atoms with Gasteiger partial charge in [-0.15, -0.1) is 0 Å². The number of pyridine rings is 1. The predicted molar refractivity (Wildman–Crippen MR) is 289 cm³/mol. The molecule has 0 unspecified atom stereocenters. The van der Waals surface area contributed by atoms with Gasteiger partial charge in [0.15, 0.2) is 5.96 Å². The second kappa shape index (κ2) is 34.9. The number of aromatic nitrogens is 1. The van der Waals surface area contributed by atoms with Crippen molar-refractivity contribution in [1.29, 1.82) is 0 Å². The third-order valence-electron chi connectivity index (χ3n) is 11.6. The van der Waals surface area contributed by atoms with Gasteiger partial charge in [-0.25, -0.2) is 0 Å². The van der Waals surface area contributed by atoms with Gasteiger partial charge in [0.05, 0.1) is 45.7 Å². The molecule has 0 fully saturated rings. The highest BCUT2D eigenvalue weighted by atomic mass is 32.1. The Morgan fingerprint density at radius 3 is 1.71 bits per heavy atom. The third-order valence-corrected chi connectivity index (χ3v) is 11.8. The number of hydrogen-bond donors (Lipinski definition) is 11. The van der Waals surface area contributed by atoms with Crippen molar-refractivity contribution in [3.63, 3.8) is 0 Å². The van der Waals surface area contributed by atoms with Crippen LogP contribution in [-0.2, 0) is 57.7 Å². The molecule has 77 heavy (non-hydrogen) atoms. The number of nitrogens with one attached hydrogen (secondary N) is 3. The van der Waals surface area contributed by atoms with E-state index >= 15 is 0 Å². The second-order valence-electron chi connectivity index (χ2n) is 17.8. The lowest BCUT2D eigenvalue weighted by Gasteiger charge is -2.32. The molecule has 14 N–H and O–H groups in total.